The highest BCUT2D eigenvalue weighted by Gasteiger charge is 2.22. The number of carbonyl (C=O) groups is 3. The van der Waals surface area contributed by atoms with Crippen LogP contribution in [0.25, 0.3) is 11.0 Å². The number of fused-ring (bicyclic) bond motifs is 1. The molecular formula is C31H30F2N4O6. The monoisotopic (exact) mass is 592 g/mol. The molecule has 4 rings (SSSR count). The quantitative estimate of drug-likeness (QED) is 0.145. The fraction of sp³-hybridized carbons (Fsp3) is 0.226. The number of esters is 1. The van der Waals surface area contributed by atoms with Crippen LogP contribution in [0.4, 0.5) is 19.3 Å². The third kappa shape index (κ3) is 8.94. The molecule has 0 aliphatic rings. The number of H-pyrrole nitrogens is 1. The number of allylic oxidation sites excluding steroid dienone is 1. The molecule has 0 atom stereocenters. The van der Waals surface area contributed by atoms with Gasteiger partial charge in [0.2, 0.25) is 5.91 Å². The number of hydrogen-bond donors (Lipinski definition) is 3. The minimum Gasteiger partial charge on any atom is -0.454 e. The van der Waals surface area contributed by atoms with Gasteiger partial charge in [0.1, 0.15) is 22.8 Å². The van der Waals surface area contributed by atoms with E-state index in [0.717, 1.165) is 6.07 Å². The number of aromatic nitrogens is 2. The number of pyridine rings is 1. The molecule has 0 saturated carbocycles. The van der Waals surface area contributed by atoms with Crippen molar-refractivity contribution < 1.29 is 37.4 Å². The topological polar surface area (TPSA) is 132 Å². The number of urea groups is 1. The number of carbonyl (C=O) groups excluding carboxylic acids is 3. The van der Waals surface area contributed by atoms with E-state index >= 15 is 0 Å². The van der Waals surface area contributed by atoms with E-state index in [1.807, 2.05) is 0 Å². The molecule has 3 N–H and O–H groups in total. The first kappa shape index (κ1) is 30.8. The molecular weight excluding hydrogens is 562 g/mol. The number of anilines is 1. The molecule has 224 valence electrons. The predicted molar refractivity (Wildman–Crippen MR) is 154 cm³/mol. The van der Waals surface area contributed by atoms with Crippen LogP contribution in [-0.4, -0.2) is 40.1 Å². The van der Waals surface area contributed by atoms with Crippen LogP contribution < -0.4 is 15.4 Å². The highest BCUT2D eigenvalue weighted by atomic mass is 19.1. The Balaban J connectivity index is 1.34. The van der Waals surface area contributed by atoms with Crippen LogP contribution in [0.5, 0.6) is 11.5 Å². The lowest BCUT2D eigenvalue weighted by molar-refractivity contribution is -0.156. The second-order valence-corrected chi connectivity index (χ2v) is 10.1. The first-order valence-electron chi connectivity index (χ1n) is 13.2. The van der Waals surface area contributed by atoms with Gasteiger partial charge in [-0.15, -0.1) is 0 Å². The summed E-state index contributed by atoms with van der Waals surface area (Å²) in [7, 11) is 0. The number of aromatic amines is 1. The van der Waals surface area contributed by atoms with E-state index in [4.69, 9.17) is 14.2 Å². The minimum atomic E-state index is -0.850. The zero-order valence-electron chi connectivity index (χ0n) is 23.7. The molecule has 0 spiro atoms. The van der Waals surface area contributed by atoms with E-state index in [1.165, 1.54) is 48.7 Å². The standard InChI is InChI=1S/C31H30F2N4O6/c1-4-5-28(39)43-31(2,3)18-41-17-22-15-23-25(12-13-34-29(23)35-22)42-26-11-10-21(16-24(26)33)36-30(40)37-27(38)14-19-6-8-20(32)9-7-19/h4-13,15-16H,14,17-18H2,1-3H3,(H,34,35)(H2,36,37,38,40)/b5-4+. The molecule has 0 radical (unpaired) electrons. The second-order valence-electron chi connectivity index (χ2n) is 10.1. The Kier molecular flexibility index (Phi) is 9.83. The van der Waals surface area contributed by atoms with Crippen molar-refractivity contribution >= 4 is 34.6 Å². The third-order valence-electron chi connectivity index (χ3n) is 5.88. The Hall–Kier alpha value is -5.10. The Morgan fingerprint density at radius 2 is 1.79 bits per heavy atom. The lowest BCUT2D eigenvalue weighted by Gasteiger charge is -2.24. The first-order chi connectivity index (χ1) is 20.5. The summed E-state index contributed by atoms with van der Waals surface area (Å²) in [6.07, 6.45) is 4.30. The van der Waals surface area contributed by atoms with Crippen molar-refractivity contribution in [1.82, 2.24) is 15.3 Å². The summed E-state index contributed by atoms with van der Waals surface area (Å²) in [5, 5.41) is 5.12. The molecule has 0 aliphatic heterocycles. The fourth-order valence-corrected chi connectivity index (χ4v) is 4.00. The van der Waals surface area contributed by atoms with Crippen molar-refractivity contribution in [2.24, 2.45) is 0 Å². The van der Waals surface area contributed by atoms with Gasteiger partial charge in [-0.3, -0.25) is 10.1 Å². The van der Waals surface area contributed by atoms with Crippen molar-refractivity contribution in [3.63, 3.8) is 0 Å². The summed E-state index contributed by atoms with van der Waals surface area (Å²) in [6.45, 7) is 5.52. The second kappa shape index (κ2) is 13.7. The molecule has 2 aromatic heterocycles. The van der Waals surface area contributed by atoms with Gasteiger partial charge in [-0.1, -0.05) is 18.2 Å². The molecule has 2 aromatic carbocycles. The van der Waals surface area contributed by atoms with Crippen molar-refractivity contribution in [3.8, 4) is 11.5 Å². The van der Waals surface area contributed by atoms with Crippen molar-refractivity contribution in [1.29, 1.82) is 0 Å². The zero-order valence-corrected chi connectivity index (χ0v) is 23.7. The van der Waals surface area contributed by atoms with E-state index in [9.17, 15) is 23.2 Å². The molecule has 10 nitrogen and oxygen atoms in total. The van der Waals surface area contributed by atoms with Crippen molar-refractivity contribution in [2.75, 3.05) is 11.9 Å². The molecule has 4 aromatic rings. The summed E-state index contributed by atoms with van der Waals surface area (Å²) < 4.78 is 44.8. The lowest BCUT2D eigenvalue weighted by atomic mass is 10.1. The summed E-state index contributed by atoms with van der Waals surface area (Å²) in [5.41, 5.74) is 0.953. The maximum absolute atomic E-state index is 14.9. The Labute approximate surface area is 246 Å². The Morgan fingerprint density at radius 3 is 2.51 bits per heavy atom. The van der Waals surface area contributed by atoms with Crippen molar-refractivity contribution in [2.45, 2.75) is 39.4 Å². The molecule has 0 fully saturated rings. The number of ether oxygens (including phenoxy) is 3. The van der Waals surface area contributed by atoms with Crippen LogP contribution in [0.2, 0.25) is 0 Å². The van der Waals surface area contributed by atoms with Gasteiger partial charge in [0.15, 0.2) is 11.6 Å². The van der Waals surface area contributed by atoms with Gasteiger partial charge >= 0.3 is 12.0 Å². The average molecular weight is 593 g/mol. The molecule has 12 heteroatoms. The van der Waals surface area contributed by atoms with Crippen LogP contribution in [0.1, 0.15) is 32.0 Å². The SMILES string of the molecule is C/C=C/C(=O)OC(C)(C)COCc1cc2c(Oc3ccc(NC(=O)NC(=O)Cc4ccc(F)cc4)cc3F)ccnc2[nH]1. The van der Waals surface area contributed by atoms with Crippen LogP contribution >= 0.6 is 0 Å². The van der Waals surface area contributed by atoms with E-state index in [-0.39, 0.29) is 31.1 Å². The summed E-state index contributed by atoms with van der Waals surface area (Å²) in [5.74, 6) is -2.03. The van der Waals surface area contributed by atoms with Crippen LogP contribution in [0, 0.1) is 11.6 Å². The molecule has 0 bridgehead atoms. The van der Waals surface area contributed by atoms with E-state index in [1.54, 1.807) is 39.0 Å². The maximum atomic E-state index is 14.9. The molecule has 43 heavy (non-hydrogen) atoms. The third-order valence-corrected chi connectivity index (χ3v) is 5.88. The largest absolute Gasteiger partial charge is 0.454 e. The number of halogens is 2. The van der Waals surface area contributed by atoms with E-state index < -0.39 is 35.1 Å². The molecule has 3 amide bonds. The van der Waals surface area contributed by atoms with Gasteiger partial charge in [0, 0.05) is 29.7 Å². The van der Waals surface area contributed by atoms with Crippen LogP contribution in [-0.2, 0) is 32.1 Å². The van der Waals surface area contributed by atoms with Gasteiger partial charge in [-0.05, 0) is 62.7 Å². The Morgan fingerprint density at radius 1 is 1.02 bits per heavy atom. The van der Waals surface area contributed by atoms with Gasteiger partial charge in [0.05, 0.1) is 25.0 Å². The smallest absolute Gasteiger partial charge is 0.331 e. The Bertz CT molecular complexity index is 1650. The average Bonchev–Trinajstić information content (AvgIpc) is 3.35. The molecule has 0 aliphatic carbocycles. The first-order valence-corrected chi connectivity index (χ1v) is 13.2. The van der Waals surface area contributed by atoms with Crippen molar-refractivity contribution in [3.05, 3.63) is 95.8 Å². The zero-order chi connectivity index (χ0) is 31.0. The van der Waals surface area contributed by atoms with Crippen LogP contribution in [0.3, 0.4) is 0 Å². The number of imide groups is 1. The van der Waals surface area contributed by atoms with E-state index in [2.05, 4.69) is 20.6 Å². The van der Waals surface area contributed by atoms with Gasteiger partial charge < -0.3 is 24.5 Å². The summed E-state index contributed by atoms with van der Waals surface area (Å²) in [6, 6.07) is 11.6. The van der Waals surface area contributed by atoms with Gasteiger partial charge in [-0.25, -0.2) is 23.4 Å². The predicted octanol–water partition coefficient (Wildman–Crippen LogP) is 5.94. The number of nitrogens with zero attached hydrogens (tertiary/aromatic N) is 1. The maximum Gasteiger partial charge on any atom is 0.331 e. The number of benzene rings is 2. The molecule has 0 saturated heterocycles. The number of hydrogen-bond acceptors (Lipinski definition) is 7. The van der Waals surface area contributed by atoms with Gasteiger partial charge in [-0.2, -0.15) is 0 Å². The minimum absolute atomic E-state index is 0.0946. The lowest BCUT2D eigenvalue weighted by Crippen LogP contribution is -2.35. The van der Waals surface area contributed by atoms with Gasteiger partial charge in [0.25, 0.3) is 0 Å². The number of amides is 3. The number of nitrogens with one attached hydrogen (secondary N) is 3. The van der Waals surface area contributed by atoms with E-state index in [0.29, 0.717) is 28.0 Å². The number of rotatable bonds is 11. The highest BCUT2D eigenvalue weighted by Crippen LogP contribution is 2.32. The summed E-state index contributed by atoms with van der Waals surface area (Å²) in [4.78, 5) is 43.4. The molecule has 0 unspecified atom stereocenters. The fourth-order valence-electron chi connectivity index (χ4n) is 4.00. The molecule has 2 heterocycles. The van der Waals surface area contributed by atoms with Crippen LogP contribution in [0.15, 0.2) is 72.9 Å². The highest BCUT2D eigenvalue weighted by molar-refractivity contribution is 6.01. The summed E-state index contributed by atoms with van der Waals surface area (Å²) >= 11 is 0. The normalized spacial score (nSPS) is 11.5.